The molecule has 0 amide bonds. The molecule has 2 heterocycles. The Bertz CT molecular complexity index is 320. The molecule has 2 rings (SSSR count). The van der Waals surface area contributed by atoms with Gasteiger partial charge in [0.1, 0.15) is 6.07 Å². The van der Waals surface area contributed by atoms with Crippen molar-refractivity contribution in [2.24, 2.45) is 0 Å². The zero-order valence-corrected chi connectivity index (χ0v) is 7.31. The second-order valence-electron chi connectivity index (χ2n) is 3.16. The molecule has 0 saturated carbocycles. The second kappa shape index (κ2) is 3.58. The Kier molecular flexibility index (Phi) is 2.28. The number of hydrogen-bond acceptors (Lipinski definition) is 3. The monoisotopic (exact) mass is 177 g/mol. The maximum absolute atomic E-state index is 8.62. The van der Waals surface area contributed by atoms with Crippen molar-refractivity contribution in [3.8, 4) is 6.07 Å². The highest BCUT2D eigenvalue weighted by molar-refractivity contribution is 5.21. The topological polar surface area (TPSA) is 50.8 Å². The lowest BCUT2D eigenvalue weighted by Gasteiger charge is -2.22. The smallest absolute Gasteiger partial charge is 0.102 e. The maximum Gasteiger partial charge on any atom is 0.102 e. The Balaban J connectivity index is 2.11. The first-order valence-corrected chi connectivity index (χ1v) is 4.42. The lowest BCUT2D eigenvalue weighted by Crippen LogP contribution is -2.19. The summed E-state index contributed by atoms with van der Waals surface area (Å²) in [7, 11) is 0. The lowest BCUT2D eigenvalue weighted by atomic mass is 10.1. The number of nitrogens with zero attached hydrogens (tertiary/aromatic N) is 3. The molecular formula is C9H11N3O. The summed E-state index contributed by atoms with van der Waals surface area (Å²) in [5, 5.41) is 12.8. The first-order valence-electron chi connectivity index (χ1n) is 4.42. The van der Waals surface area contributed by atoms with E-state index in [0.29, 0.717) is 11.6 Å². The van der Waals surface area contributed by atoms with E-state index in [1.54, 1.807) is 12.4 Å². The summed E-state index contributed by atoms with van der Waals surface area (Å²) in [6, 6.07) is 2.48. The van der Waals surface area contributed by atoms with Crippen molar-refractivity contribution in [1.82, 2.24) is 9.78 Å². The average Bonchev–Trinajstić information content (AvgIpc) is 2.67. The van der Waals surface area contributed by atoms with Gasteiger partial charge < -0.3 is 4.74 Å². The largest absolute Gasteiger partial charge is 0.381 e. The normalized spacial score (nSPS) is 18.4. The summed E-state index contributed by atoms with van der Waals surface area (Å²) in [6.45, 7) is 1.60. The van der Waals surface area contributed by atoms with Crippen LogP contribution in [0.5, 0.6) is 0 Å². The van der Waals surface area contributed by atoms with Crippen molar-refractivity contribution in [3.63, 3.8) is 0 Å². The molecule has 0 aliphatic carbocycles. The summed E-state index contributed by atoms with van der Waals surface area (Å²) >= 11 is 0. The molecule has 4 nitrogen and oxygen atoms in total. The molecule has 1 aliphatic heterocycles. The molecule has 4 heteroatoms. The van der Waals surface area contributed by atoms with Gasteiger partial charge in [-0.05, 0) is 12.8 Å². The van der Waals surface area contributed by atoms with Gasteiger partial charge in [0.15, 0.2) is 0 Å². The van der Waals surface area contributed by atoms with E-state index >= 15 is 0 Å². The lowest BCUT2D eigenvalue weighted by molar-refractivity contribution is 0.0662. The number of rotatable bonds is 1. The van der Waals surface area contributed by atoms with Crippen molar-refractivity contribution in [2.75, 3.05) is 13.2 Å². The minimum atomic E-state index is 0.413. The summed E-state index contributed by atoms with van der Waals surface area (Å²) in [5.74, 6) is 0. The van der Waals surface area contributed by atoms with Gasteiger partial charge in [-0.25, -0.2) is 0 Å². The third-order valence-corrected chi connectivity index (χ3v) is 2.30. The molecule has 13 heavy (non-hydrogen) atoms. The fourth-order valence-corrected chi connectivity index (χ4v) is 1.55. The molecule has 0 bridgehead atoms. The van der Waals surface area contributed by atoms with Gasteiger partial charge in [-0.2, -0.15) is 10.4 Å². The van der Waals surface area contributed by atoms with Crippen LogP contribution >= 0.6 is 0 Å². The van der Waals surface area contributed by atoms with Gasteiger partial charge in [-0.15, -0.1) is 0 Å². The Morgan fingerprint density at radius 1 is 1.54 bits per heavy atom. The predicted molar refractivity (Wildman–Crippen MR) is 46.0 cm³/mol. The van der Waals surface area contributed by atoms with E-state index < -0.39 is 0 Å². The van der Waals surface area contributed by atoms with E-state index in [9.17, 15) is 0 Å². The Morgan fingerprint density at radius 3 is 2.92 bits per heavy atom. The van der Waals surface area contributed by atoms with E-state index in [1.165, 1.54) is 0 Å². The highest BCUT2D eigenvalue weighted by atomic mass is 16.5. The Morgan fingerprint density at radius 2 is 2.31 bits per heavy atom. The minimum Gasteiger partial charge on any atom is -0.381 e. The standard InChI is InChI=1S/C9H11N3O/c10-5-8-6-11-12(7-8)9-1-3-13-4-2-9/h6-7,9H,1-4H2. The highest BCUT2D eigenvalue weighted by Gasteiger charge is 2.15. The highest BCUT2D eigenvalue weighted by Crippen LogP contribution is 2.19. The third-order valence-electron chi connectivity index (χ3n) is 2.30. The van der Waals surface area contributed by atoms with Crippen LogP contribution in [0.15, 0.2) is 12.4 Å². The van der Waals surface area contributed by atoms with Crippen molar-refractivity contribution in [1.29, 1.82) is 5.26 Å². The molecule has 0 N–H and O–H groups in total. The van der Waals surface area contributed by atoms with E-state index in [-0.39, 0.29) is 0 Å². The zero-order chi connectivity index (χ0) is 9.10. The fourth-order valence-electron chi connectivity index (χ4n) is 1.55. The molecule has 0 atom stereocenters. The molecule has 0 unspecified atom stereocenters. The van der Waals surface area contributed by atoms with Gasteiger partial charge in [-0.1, -0.05) is 0 Å². The molecule has 1 saturated heterocycles. The second-order valence-corrected chi connectivity index (χ2v) is 3.16. The number of hydrogen-bond donors (Lipinski definition) is 0. The molecule has 0 radical (unpaired) electrons. The van der Waals surface area contributed by atoms with Crippen LogP contribution in [-0.4, -0.2) is 23.0 Å². The molecule has 0 spiro atoms. The Labute approximate surface area is 76.7 Å². The number of nitriles is 1. The quantitative estimate of drug-likeness (QED) is 0.645. The van der Waals surface area contributed by atoms with Crippen LogP contribution in [0.2, 0.25) is 0 Å². The Hall–Kier alpha value is -1.34. The summed E-state index contributed by atoms with van der Waals surface area (Å²) in [4.78, 5) is 0. The van der Waals surface area contributed by atoms with E-state index in [0.717, 1.165) is 26.1 Å². The van der Waals surface area contributed by atoms with Crippen LogP contribution in [0.4, 0.5) is 0 Å². The number of ether oxygens (including phenoxy) is 1. The average molecular weight is 177 g/mol. The molecule has 1 aliphatic rings. The summed E-state index contributed by atoms with van der Waals surface area (Å²) in [6.07, 6.45) is 5.39. The maximum atomic E-state index is 8.62. The minimum absolute atomic E-state index is 0.413. The predicted octanol–water partition coefficient (Wildman–Crippen LogP) is 1.11. The van der Waals surface area contributed by atoms with Gasteiger partial charge in [0.2, 0.25) is 0 Å². The third kappa shape index (κ3) is 1.70. The van der Waals surface area contributed by atoms with Gasteiger partial charge in [0, 0.05) is 19.4 Å². The van der Waals surface area contributed by atoms with Gasteiger partial charge in [0.05, 0.1) is 17.8 Å². The van der Waals surface area contributed by atoms with Crippen molar-refractivity contribution >= 4 is 0 Å². The van der Waals surface area contributed by atoms with Crippen LogP contribution in [0, 0.1) is 11.3 Å². The van der Waals surface area contributed by atoms with E-state index in [4.69, 9.17) is 10.00 Å². The number of aromatic nitrogens is 2. The van der Waals surface area contributed by atoms with Crippen LogP contribution in [0.3, 0.4) is 0 Å². The van der Waals surface area contributed by atoms with Gasteiger partial charge >= 0.3 is 0 Å². The SMILES string of the molecule is N#Cc1cnn(C2CCOCC2)c1. The van der Waals surface area contributed by atoms with Gasteiger partial charge in [0.25, 0.3) is 0 Å². The molecule has 0 aromatic carbocycles. The van der Waals surface area contributed by atoms with E-state index in [1.807, 2.05) is 4.68 Å². The summed E-state index contributed by atoms with van der Waals surface area (Å²) < 4.78 is 7.12. The van der Waals surface area contributed by atoms with Crippen LogP contribution in [-0.2, 0) is 4.74 Å². The molecule has 1 aromatic rings. The molecular weight excluding hydrogens is 166 g/mol. The fraction of sp³-hybridized carbons (Fsp3) is 0.556. The molecule has 68 valence electrons. The van der Waals surface area contributed by atoms with Gasteiger partial charge in [-0.3, -0.25) is 4.68 Å². The van der Waals surface area contributed by atoms with Crippen molar-refractivity contribution < 1.29 is 4.74 Å². The van der Waals surface area contributed by atoms with Crippen molar-refractivity contribution in [2.45, 2.75) is 18.9 Å². The zero-order valence-electron chi connectivity index (χ0n) is 7.31. The first-order chi connectivity index (χ1) is 6.40. The van der Waals surface area contributed by atoms with Crippen LogP contribution in [0.25, 0.3) is 0 Å². The molecule has 1 aromatic heterocycles. The van der Waals surface area contributed by atoms with Crippen molar-refractivity contribution in [3.05, 3.63) is 18.0 Å². The van der Waals surface area contributed by atoms with Crippen LogP contribution in [0.1, 0.15) is 24.4 Å². The molecule has 1 fully saturated rings. The summed E-state index contributed by atoms with van der Waals surface area (Å²) in [5.41, 5.74) is 0.631. The first kappa shape index (κ1) is 8.27. The van der Waals surface area contributed by atoms with E-state index in [2.05, 4.69) is 11.2 Å². The van der Waals surface area contributed by atoms with Crippen LogP contribution < -0.4 is 0 Å².